The van der Waals surface area contributed by atoms with E-state index < -0.39 is 0 Å². The van der Waals surface area contributed by atoms with Gasteiger partial charge in [-0.25, -0.2) is 4.39 Å². The summed E-state index contributed by atoms with van der Waals surface area (Å²) in [5.74, 6) is 0.531. The second kappa shape index (κ2) is 9.50. The maximum absolute atomic E-state index is 13.8. The molecule has 0 spiro atoms. The van der Waals surface area contributed by atoms with Crippen molar-refractivity contribution in [3.05, 3.63) is 86.1 Å². The van der Waals surface area contributed by atoms with Crippen molar-refractivity contribution in [1.82, 2.24) is 0 Å². The molecule has 0 heterocycles. The van der Waals surface area contributed by atoms with Crippen LogP contribution in [0.1, 0.15) is 11.1 Å². The summed E-state index contributed by atoms with van der Waals surface area (Å²) in [5, 5.41) is 4.30. The SMILES string of the molecule is COc1cc(CNc2ccc(Br)c(Cl)c2)cc(Cl)c1OCc1ccccc1F. The minimum absolute atomic E-state index is 0.0533. The van der Waals surface area contributed by atoms with Crippen LogP contribution in [-0.2, 0) is 13.2 Å². The maximum Gasteiger partial charge on any atom is 0.180 e. The molecule has 0 aromatic heterocycles. The average Bonchev–Trinajstić information content (AvgIpc) is 2.68. The number of benzene rings is 3. The van der Waals surface area contributed by atoms with Crippen molar-refractivity contribution in [3.8, 4) is 11.5 Å². The normalized spacial score (nSPS) is 10.6. The van der Waals surface area contributed by atoms with E-state index in [1.807, 2.05) is 24.3 Å². The van der Waals surface area contributed by atoms with Gasteiger partial charge < -0.3 is 14.8 Å². The van der Waals surface area contributed by atoms with E-state index in [1.165, 1.54) is 13.2 Å². The standard InChI is InChI=1S/C21H17BrCl2FNO2/c1-27-20-9-13(11-26-15-6-7-16(22)17(23)10-15)8-18(24)21(20)28-12-14-4-2-3-5-19(14)25/h2-10,26H,11-12H2,1H3. The third-order valence-electron chi connectivity index (χ3n) is 4.04. The van der Waals surface area contributed by atoms with Crippen molar-refractivity contribution in [1.29, 1.82) is 0 Å². The quantitative estimate of drug-likeness (QED) is 0.388. The smallest absolute Gasteiger partial charge is 0.180 e. The summed E-state index contributed by atoms with van der Waals surface area (Å²) in [7, 11) is 1.54. The van der Waals surface area contributed by atoms with E-state index >= 15 is 0 Å². The first-order valence-electron chi connectivity index (χ1n) is 8.39. The van der Waals surface area contributed by atoms with E-state index in [0.717, 1.165) is 15.7 Å². The minimum Gasteiger partial charge on any atom is -0.493 e. The largest absolute Gasteiger partial charge is 0.493 e. The van der Waals surface area contributed by atoms with Crippen molar-refractivity contribution in [2.75, 3.05) is 12.4 Å². The highest BCUT2D eigenvalue weighted by molar-refractivity contribution is 9.10. The van der Waals surface area contributed by atoms with E-state index in [2.05, 4.69) is 21.2 Å². The molecule has 28 heavy (non-hydrogen) atoms. The Bertz CT molecular complexity index is 985. The van der Waals surface area contributed by atoms with Gasteiger partial charge in [0.05, 0.1) is 17.2 Å². The fourth-order valence-corrected chi connectivity index (χ4v) is 3.31. The number of anilines is 1. The summed E-state index contributed by atoms with van der Waals surface area (Å²) in [6.45, 7) is 0.569. The van der Waals surface area contributed by atoms with E-state index in [1.54, 1.807) is 24.3 Å². The lowest BCUT2D eigenvalue weighted by Crippen LogP contribution is -2.03. The lowest BCUT2D eigenvalue weighted by Gasteiger charge is -2.15. The lowest BCUT2D eigenvalue weighted by atomic mass is 10.2. The fourth-order valence-electron chi connectivity index (χ4n) is 2.59. The van der Waals surface area contributed by atoms with Crippen molar-refractivity contribution < 1.29 is 13.9 Å². The van der Waals surface area contributed by atoms with Gasteiger partial charge in [-0.1, -0.05) is 41.4 Å². The highest BCUT2D eigenvalue weighted by atomic mass is 79.9. The number of ether oxygens (including phenoxy) is 2. The predicted octanol–water partition coefficient (Wildman–Crippen LogP) is 7.09. The molecule has 3 nitrogen and oxygen atoms in total. The van der Waals surface area contributed by atoms with Crippen LogP contribution in [0.4, 0.5) is 10.1 Å². The Balaban J connectivity index is 1.73. The van der Waals surface area contributed by atoms with Gasteiger partial charge in [0.2, 0.25) is 0 Å². The molecular formula is C21H17BrCl2FNO2. The highest BCUT2D eigenvalue weighted by Gasteiger charge is 2.13. The Morgan fingerprint density at radius 3 is 2.54 bits per heavy atom. The summed E-state index contributed by atoms with van der Waals surface area (Å²) in [5.41, 5.74) is 2.22. The van der Waals surface area contributed by atoms with Gasteiger partial charge in [-0.2, -0.15) is 0 Å². The number of methoxy groups -OCH3 is 1. The van der Waals surface area contributed by atoms with Gasteiger partial charge in [0.25, 0.3) is 0 Å². The Labute approximate surface area is 181 Å². The summed E-state index contributed by atoms with van der Waals surface area (Å²) in [6, 6.07) is 15.7. The van der Waals surface area contributed by atoms with E-state index in [9.17, 15) is 4.39 Å². The Morgan fingerprint density at radius 1 is 1.04 bits per heavy atom. The Hall–Kier alpha value is -1.95. The van der Waals surface area contributed by atoms with Crippen LogP contribution in [0.2, 0.25) is 10.0 Å². The zero-order valence-corrected chi connectivity index (χ0v) is 18.0. The van der Waals surface area contributed by atoms with E-state index in [-0.39, 0.29) is 12.4 Å². The van der Waals surface area contributed by atoms with Crippen molar-refractivity contribution in [3.63, 3.8) is 0 Å². The summed E-state index contributed by atoms with van der Waals surface area (Å²) in [6.07, 6.45) is 0. The molecule has 0 saturated heterocycles. The number of hydrogen-bond acceptors (Lipinski definition) is 3. The van der Waals surface area contributed by atoms with Crippen LogP contribution >= 0.6 is 39.1 Å². The van der Waals surface area contributed by atoms with Gasteiger partial charge in [-0.3, -0.25) is 0 Å². The summed E-state index contributed by atoms with van der Waals surface area (Å²) < 4.78 is 25.8. The topological polar surface area (TPSA) is 30.5 Å². The predicted molar refractivity (Wildman–Crippen MR) is 115 cm³/mol. The maximum atomic E-state index is 13.8. The summed E-state index contributed by atoms with van der Waals surface area (Å²) >= 11 is 15.9. The van der Waals surface area contributed by atoms with Gasteiger partial charge in [-0.15, -0.1) is 0 Å². The molecule has 3 aromatic rings. The second-order valence-electron chi connectivity index (χ2n) is 5.97. The van der Waals surface area contributed by atoms with Crippen molar-refractivity contribution in [2.45, 2.75) is 13.2 Å². The minimum atomic E-state index is -0.327. The molecule has 0 aliphatic carbocycles. The molecule has 3 rings (SSSR count). The molecule has 0 radical (unpaired) electrons. The number of rotatable bonds is 7. The first kappa shape index (κ1) is 20.8. The molecule has 0 aliphatic heterocycles. The van der Waals surface area contributed by atoms with Gasteiger partial charge in [-0.05, 0) is 57.9 Å². The van der Waals surface area contributed by atoms with E-state index in [4.69, 9.17) is 32.7 Å². The van der Waals surface area contributed by atoms with Crippen LogP contribution in [0.3, 0.4) is 0 Å². The van der Waals surface area contributed by atoms with Gasteiger partial charge in [0.15, 0.2) is 11.5 Å². The third-order valence-corrected chi connectivity index (χ3v) is 5.55. The van der Waals surface area contributed by atoms with Crippen LogP contribution in [-0.4, -0.2) is 7.11 Å². The average molecular weight is 485 g/mol. The van der Waals surface area contributed by atoms with Crippen LogP contribution in [0, 0.1) is 5.82 Å². The zero-order valence-electron chi connectivity index (χ0n) is 14.9. The van der Waals surface area contributed by atoms with Gasteiger partial charge in [0.1, 0.15) is 12.4 Å². The number of hydrogen-bond donors (Lipinski definition) is 1. The van der Waals surface area contributed by atoms with Crippen LogP contribution in [0.25, 0.3) is 0 Å². The molecule has 0 amide bonds. The zero-order chi connectivity index (χ0) is 20.1. The van der Waals surface area contributed by atoms with Gasteiger partial charge >= 0.3 is 0 Å². The van der Waals surface area contributed by atoms with Crippen molar-refractivity contribution >= 4 is 44.8 Å². The van der Waals surface area contributed by atoms with Crippen LogP contribution in [0.15, 0.2) is 59.1 Å². The first-order valence-corrected chi connectivity index (χ1v) is 9.94. The molecule has 0 unspecified atom stereocenters. The molecule has 146 valence electrons. The molecule has 0 fully saturated rings. The number of halogens is 4. The first-order chi connectivity index (χ1) is 13.5. The van der Waals surface area contributed by atoms with E-state index in [0.29, 0.717) is 33.7 Å². The van der Waals surface area contributed by atoms with Crippen LogP contribution in [0.5, 0.6) is 11.5 Å². The molecule has 0 bridgehead atoms. The molecule has 0 aliphatic rings. The molecule has 0 saturated carbocycles. The fraction of sp³-hybridized carbons (Fsp3) is 0.143. The highest BCUT2D eigenvalue weighted by Crippen LogP contribution is 2.37. The van der Waals surface area contributed by atoms with Crippen LogP contribution < -0.4 is 14.8 Å². The second-order valence-corrected chi connectivity index (χ2v) is 7.64. The molecule has 1 N–H and O–H groups in total. The van der Waals surface area contributed by atoms with Crippen molar-refractivity contribution in [2.24, 2.45) is 0 Å². The summed E-state index contributed by atoms with van der Waals surface area (Å²) in [4.78, 5) is 0. The lowest BCUT2D eigenvalue weighted by molar-refractivity contribution is 0.280. The molecule has 0 atom stereocenters. The molecule has 3 aromatic carbocycles. The molecular weight excluding hydrogens is 468 g/mol. The monoisotopic (exact) mass is 483 g/mol. The van der Waals surface area contributed by atoms with Gasteiger partial charge in [0, 0.05) is 22.3 Å². The number of nitrogens with one attached hydrogen (secondary N) is 1. The Morgan fingerprint density at radius 2 is 1.82 bits per heavy atom. The third kappa shape index (κ3) is 5.10. The Kier molecular flexibility index (Phi) is 7.05. The molecule has 7 heteroatoms.